The summed E-state index contributed by atoms with van der Waals surface area (Å²) in [5, 5.41) is 13.1. The molecule has 1 aromatic rings. The van der Waals surface area contributed by atoms with E-state index < -0.39 is 22.2 Å². The zero-order valence-corrected chi connectivity index (χ0v) is 18.9. The monoisotopic (exact) mass is 475 g/mol. The molecule has 2 saturated heterocycles. The molecular formula is C20H30ClN3O6S. The van der Waals surface area contributed by atoms with Crippen LogP contribution in [-0.4, -0.2) is 88.6 Å². The Balaban J connectivity index is 1.43. The molecule has 2 aliphatic rings. The quantitative estimate of drug-likeness (QED) is 0.472. The molecule has 3 rings (SSSR count). The zero-order chi connectivity index (χ0) is 22.3. The van der Waals surface area contributed by atoms with Crippen molar-refractivity contribution >= 4 is 27.5 Å². The molecule has 0 saturated carbocycles. The Morgan fingerprint density at radius 1 is 1.19 bits per heavy atom. The predicted octanol–water partition coefficient (Wildman–Crippen LogP) is 0.365. The van der Waals surface area contributed by atoms with Gasteiger partial charge in [-0.3, -0.25) is 9.69 Å². The standard InChI is InChI=1S/C20H30ClN3O6S/c21-15-1-4-17(5-2-15)31(27,28)23-18-6-3-16(30-19(18)14-25)7-8-22-20(26)13-24-9-11-29-12-10-24/h1-2,4-5,16,18-19,23,25H,3,6-14H2,(H,22,26)/t16-,18-,19+/m1/s1. The molecule has 2 aliphatic heterocycles. The van der Waals surface area contributed by atoms with Gasteiger partial charge in [-0.2, -0.15) is 0 Å². The van der Waals surface area contributed by atoms with Crippen molar-refractivity contribution in [2.45, 2.75) is 42.4 Å². The van der Waals surface area contributed by atoms with Gasteiger partial charge in [0.2, 0.25) is 15.9 Å². The highest BCUT2D eigenvalue weighted by Crippen LogP contribution is 2.23. The van der Waals surface area contributed by atoms with Crippen LogP contribution in [0.5, 0.6) is 0 Å². The van der Waals surface area contributed by atoms with Gasteiger partial charge in [0.05, 0.1) is 49.5 Å². The maximum Gasteiger partial charge on any atom is 0.240 e. The maximum atomic E-state index is 12.6. The molecule has 1 aromatic carbocycles. The number of carbonyl (C=O) groups is 1. The molecule has 0 bridgehead atoms. The van der Waals surface area contributed by atoms with Gasteiger partial charge >= 0.3 is 0 Å². The lowest BCUT2D eigenvalue weighted by atomic mass is 9.98. The van der Waals surface area contributed by atoms with Crippen molar-refractivity contribution in [3.05, 3.63) is 29.3 Å². The van der Waals surface area contributed by atoms with Crippen LogP contribution in [0.15, 0.2) is 29.2 Å². The second-order valence-corrected chi connectivity index (χ2v) is 9.92. The van der Waals surface area contributed by atoms with E-state index in [1.54, 1.807) is 0 Å². The van der Waals surface area contributed by atoms with Crippen LogP contribution in [0.3, 0.4) is 0 Å². The van der Waals surface area contributed by atoms with Gasteiger partial charge in [0, 0.05) is 24.7 Å². The molecular weight excluding hydrogens is 446 g/mol. The first-order chi connectivity index (χ1) is 14.9. The van der Waals surface area contributed by atoms with Crippen LogP contribution in [-0.2, 0) is 24.3 Å². The summed E-state index contributed by atoms with van der Waals surface area (Å²) >= 11 is 5.82. The Morgan fingerprint density at radius 2 is 1.90 bits per heavy atom. The van der Waals surface area contributed by atoms with Crippen LogP contribution in [0.25, 0.3) is 0 Å². The first kappa shape index (κ1) is 24.4. The Hall–Kier alpha value is -1.27. The van der Waals surface area contributed by atoms with Crippen LogP contribution in [0.4, 0.5) is 0 Å². The number of nitrogens with one attached hydrogen (secondary N) is 2. The van der Waals surface area contributed by atoms with E-state index in [1.807, 2.05) is 0 Å². The second kappa shape index (κ2) is 11.6. The number of ether oxygens (including phenoxy) is 2. The summed E-state index contributed by atoms with van der Waals surface area (Å²) in [5.41, 5.74) is 0. The molecule has 0 aliphatic carbocycles. The number of carbonyl (C=O) groups excluding carboxylic acids is 1. The minimum absolute atomic E-state index is 0.0370. The van der Waals surface area contributed by atoms with E-state index in [4.69, 9.17) is 21.1 Å². The number of hydrogen-bond acceptors (Lipinski definition) is 7. The Morgan fingerprint density at radius 3 is 2.58 bits per heavy atom. The second-order valence-electron chi connectivity index (χ2n) is 7.77. The summed E-state index contributed by atoms with van der Waals surface area (Å²) in [6, 6.07) is 5.37. The summed E-state index contributed by atoms with van der Waals surface area (Å²) in [6.07, 6.45) is 0.956. The third-order valence-electron chi connectivity index (χ3n) is 5.49. The minimum atomic E-state index is -3.75. The normalized spacial score (nSPS) is 25.3. The number of halogens is 1. The van der Waals surface area contributed by atoms with E-state index in [-0.39, 0.29) is 23.5 Å². The number of aliphatic hydroxyl groups is 1. The van der Waals surface area contributed by atoms with Gasteiger partial charge < -0.3 is 19.9 Å². The summed E-state index contributed by atoms with van der Waals surface area (Å²) in [6.45, 7) is 3.32. The first-order valence-electron chi connectivity index (χ1n) is 10.5. The Labute approximate surface area is 188 Å². The largest absolute Gasteiger partial charge is 0.394 e. The van der Waals surface area contributed by atoms with Crippen LogP contribution >= 0.6 is 11.6 Å². The highest BCUT2D eigenvalue weighted by molar-refractivity contribution is 7.89. The van der Waals surface area contributed by atoms with Gasteiger partial charge in [-0.05, 0) is 43.5 Å². The van der Waals surface area contributed by atoms with Crippen LogP contribution in [0.2, 0.25) is 5.02 Å². The van der Waals surface area contributed by atoms with Crippen molar-refractivity contribution in [3.8, 4) is 0 Å². The van der Waals surface area contributed by atoms with Crippen LogP contribution < -0.4 is 10.0 Å². The number of nitrogens with zero attached hydrogens (tertiary/aromatic N) is 1. The number of rotatable bonds is 9. The molecule has 2 heterocycles. The molecule has 9 nitrogen and oxygen atoms in total. The summed E-state index contributed by atoms with van der Waals surface area (Å²) in [5.74, 6) is -0.0370. The van der Waals surface area contributed by atoms with Gasteiger partial charge in [0.15, 0.2) is 0 Å². The van der Waals surface area contributed by atoms with Crippen molar-refractivity contribution in [2.75, 3.05) is 46.0 Å². The van der Waals surface area contributed by atoms with E-state index >= 15 is 0 Å². The van der Waals surface area contributed by atoms with Crippen molar-refractivity contribution in [2.24, 2.45) is 0 Å². The number of hydrogen-bond donors (Lipinski definition) is 3. The van der Waals surface area contributed by atoms with Crippen molar-refractivity contribution in [3.63, 3.8) is 0 Å². The molecule has 0 aromatic heterocycles. The predicted molar refractivity (Wildman–Crippen MR) is 115 cm³/mol. The van der Waals surface area contributed by atoms with Gasteiger partial charge in [0.1, 0.15) is 0 Å². The molecule has 0 unspecified atom stereocenters. The van der Waals surface area contributed by atoms with Crippen molar-refractivity contribution < 1.29 is 27.8 Å². The Kier molecular flexibility index (Phi) is 9.08. The number of sulfonamides is 1. The molecule has 31 heavy (non-hydrogen) atoms. The highest BCUT2D eigenvalue weighted by atomic mass is 35.5. The van der Waals surface area contributed by atoms with Gasteiger partial charge in [-0.15, -0.1) is 0 Å². The fourth-order valence-electron chi connectivity index (χ4n) is 3.75. The highest BCUT2D eigenvalue weighted by Gasteiger charge is 2.33. The van der Waals surface area contributed by atoms with E-state index in [2.05, 4.69) is 14.9 Å². The van der Waals surface area contributed by atoms with Crippen LogP contribution in [0, 0.1) is 0 Å². The minimum Gasteiger partial charge on any atom is -0.394 e. The molecule has 3 N–H and O–H groups in total. The third-order valence-corrected chi connectivity index (χ3v) is 7.24. The Bertz CT molecular complexity index is 817. The molecule has 1 amide bonds. The number of aliphatic hydroxyl groups excluding tert-OH is 1. The molecule has 11 heteroatoms. The molecule has 0 radical (unpaired) electrons. The third kappa shape index (κ3) is 7.38. The smallest absolute Gasteiger partial charge is 0.240 e. The van der Waals surface area contributed by atoms with Crippen molar-refractivity contribution in [1.82, 2.24) is 14.9 Å². The fraction of sp³-hybridized carbons (Fsp3) is 0.650. The van der Waals surface area contributed by atoms with E-state index in [9.17, 15) is 18.3 Å². The molecule has 3 atom stereocenters. The summed E-state index contributed by atoms with van der Waals surface area (Å²) in [7, 11) is -3.75. The van der Waals surface area contributed by atoms with Gasteiger partial charge in [-0.1, -0.05) is 11.6 Å². The maximum absolute atomic E-state index is 12.6. The average molecular weight is 476 g/mol. The summed E-state index contributed by atoms with van der Waals surface area (Å²) < 4.78 is 39.0. The van der Waals surface area contributed by atoms with E-state index in [0.29, 0.717) is 50.6 Å². The van der Waals surface area contributed by atoms with Crippen molar-refractivity contribution in [1.29, 1.82) is 0 Å². The van der Waals surface area contributed by atoms with Gasteiger partial charge in [-0.25, -0.2) is 13.1 Å². The fourth-order valence-corrected chi connectivity index (χ4v) is 5.18. The molecule has 174 valence electrons. The zero-order valence-electron chi connectivity index (χ0n) is 17.3. The number of morpholine rings is 1. The molecule has 2 fully saturated rings. The lowest BCUT2D eigenvalue weighted by Crippen LogP contribution is -2.51. The number of benzene rings is 1. The van der Waals surface area contributed by atoms with Crippen LogP contribution in [0.1, 0.15) is 19.3 Å². The lowest BCUT2D eigenvalue weighted by Gasteiger charge is -2.36. The SMILES string of the molecule is O=C(CN1CCOCC1)NCC[C@H]1CC[C@@H](NS(=O)(=O)c2ccc(Cl)cc2)[C@H](CO)O1. The first-order valence-corrected chi connectivity index (χ1v) is 12.3. The van der Waals surface area contributed by atoms with E-state index in [0.717, 1.165) is 13.1 Å². The average Bonchev–Trinajstić information content (AvgIpc) is 2.75. The van der Waals surface area contributed by atoms with Gasteiger partial charge in [0.25, 0.3) is 0 Å². The lowest BCUT2D eigenvalue weighted by molar-refractivity contribution is -0.123. The summed E-state index contributed by atoms with van der Waals surface area (Å²) in [4.78, 5) is 14.2. The van der Waals surface area contributed by atoms with E-state index in [1.165, 1.54) is 24.3 Å². The topological polar surface area (TPSA) is 117 Å². The molecule has 0 spiro atoms. The number of amides is 1.